The average Bonchev–Trinajstić information content (AvgIpc) is 2.59. The van der Waals surface area contributed by atoms with Gasteiger partial charge in [0.2, 0.25) is 5.88 Å². The normalized spacial score (nSPS) is 10.6. The number of ether oxygens (including phenoxy) is 2. The van der Waals surface area contributed by atoms with Gasteiger partial charge in [-0.3, -0.25) is 0 Å². The third-order valence-electron chi connectivity index (χ3n) is 3.42. The maximum atomic E-state index is 12.3. The molecule has 0 bridgehead atoms. The molecule has 0 aliphatic heterocycles. The number of hydrogen-bond donors (Lipinski definition) is 0. The minimum absolute atomic E-state index is 0.0664. The topological polar surface area (TPSA) is 78.6 Å². The van der Waals surface area contributed by atoms with Crippen LogP contribution >= 0.6 is 15.9 Å². The van der Waals surface area contributed by atoms with Gasteiger partial charge in [-0.25, -0.2) is 14.6 Å². The third-order valence-corrected chi connectivity index (χ3v) is 3.92. The van der Waals surface area contributed by atoms with Crippen LogP contribution in [0.1, 0.15) is 22.8 Å². The van der Waals surface area contributed by atoms with E-state index >= 15 is 0 Å². The van der Waals surface area contributed by atoms with Crippen molar-refractivity contribution in [2.75, 3.05) is 6.61 Å². The second-order valence-corrected chi connectivity index (χ2v) is 6.01. The molecule has 128 valence electrons. The van der Waals surface area contributed by atoms with Gasteiger partial charge in [0.15, 0.2) is 0 Å². The van der Waals surface area contributed by atoms with Gasteiger partial charge in [0, 0.05) is 27.7 Å². The first-order chi connectivity index (χ1) is 12.1. The van der Waals surface area contributed by atoms with Gasteiger partial charge in [-0.05, 0) is 37.3 Å². The van der Waals surface area contributed by atoms with E-state index in [2.05, 4.69) is 20.9 Å². The van der Waals surface area contributed by atoms with Crippen LogP contribution in [-0.2, 0) is 11.3 Å². The highest BCUT2D eigenvalue weighted by molar-refractivity contribution is 9.10. The number of pyridine rings is 1. The molecule has 0 spiro atoms. The number of halogens is 1. The molecular weight excluding hydrogens is 390 g/mol. The highest BCUT2D eigenvalue weighted by Gasteiger charge is 2.16. The molecule has 0 N–H and O–H groups in total. The van der Waals surface area contributed by atoms with E-state index in [0.717, 1.165) is 4.47 Å². The number of hydrogen-bond acceptors (Lipinski definition) is 6. The van der Waals surface area contributed by atoms with Crippen LogP contribution in [0, 0.1) is 0 Å². The third kappa shape index (κ3) is 3.88. The van der Waals surface area contributed by atoms with Crippen molar-refractivity contribution in [3.8, 4) is 5.88 Å². The first-order valence-electron chi connectivity index (χ1n) is 7.55. The van der Waals surface area contributed by atoms with Crippen LogP contribution in [0.5, 0.6) is 5.88 Å². The fraction of sp³-hybridized carbons (Fsp3) is 0.167. The van der Waals surface area contributed by atoms with E-state index in [4.69, 9.17) is 13.9 Å². The number of esters is 1. The molecule has 25 heavy (non-hydrogen) atoms. The largest absolute Gasteiger partial charge is 0.477 e. The Morgan fingerprint density at radius 1 is 1.28 bits per heavy atom. The zero-order chi connectivity index (χ0) is 17.8. The summed E-state index contributed by atoms with van der Waals surface area (Å²) < 4.78 is 16.6. The minimum atomic E-state index is -0.574. The summed E-state index contributed by atoms with van der Waals surface area (Å²) in [4.78, 5) is 28.1. The summed E-state index contributed by atoms with van der Waals surface area (Å²) in [5, 5.41) is 0.701. The van der Waals surface area contributed by atoms with E-state index in [9.17, 15) is 9.59 Å². The van der Waals surface area contributed by atoms with Crippen LogP contribution in [0.4, 0.5) is 0 Å². The highest BCUT2D eigenvalue weighted by atomic mass is 79.9. The molecule has 3 rings (SSSR count). The highest BCUT2D eigenvalue weighted by Crippen LogP contribution is 2.23. The molecule has 0 unspecified atom stereocenters. The van der Waals surface area contributed by atoms with Crippen molar-refractivity contribution >= 4 is 32.9 Å². The molecule has 3 aromatic rings. The van der Waals surface area contributed by atoms with Crippen LogP contribution in [0.3, 0.4) is 0 Å². The standard InChI is InChI=1S/C18H14BrNO5/c1-2-23-17-14(4-3-7-20-17)18(22)24-10-11-8-16(21)25-15-9-12(19)5-6-13(11)15/h3-9H,2,10H2,1H3. The molecular formula is C18H14BrNO5. The van der Waals surface area contributed by atoms with Crippen LogP contribution in [0.25, 0.3) is 11.0 Å². The first kappa shape index (κ1) is 17.2. The Hall–Kier alpha value is -2.67. The molecule has 0 fully saturated rings. The molecule has 7 heteroatoms. The van der Waals surface area contributed by atoms with Gasteiger partial charge in [-0.15, -0.1) is 0 Å². The lowest BCUT2D eigenvalue weighted by Crippen LogP contribution is -2.10. The van der Waals surface area contributed by atoms with E-state index < -0.39 is 11.6 Å². The Bertz CT molecular complexity index is 983. The summed E-state index contributed by atoms with van der Waals surface area (Å²) in [5.41, 5.74) is 0.714. The van der Waals surface area contributed by atoms with Crippen molar-refractivity contribution < 1.29 is 18.7 Å². The van der Waals surface area contributed by atoms with Crippen molar-refractivity contribution in [3.63, 3.8) is 0 Å². The van der Waals surface area contributed by atoms with Crippen LogP contribution < -0.4 is 10.4 Å². The maximum Gasteiger partial charge on any atom is 0.343 e. The molecule has 2 aromatic heterocycles. The number of fused-ring (bicyclic) bond motifs is 1. The van der Waals surface area contributed by atoms with Gasteiger partial charge in [-0.2, -0.15) is 0 Å². The first-order valence-corrected chi connectivity index (χ1v) is 8.35. The fourth-order valence-electron chi connectivity index (χ4n) is 2.34. The monoisotopic (exact) mass is 403 g/mol. The summed E-state index contributed by atoms with van der Waals surface area (Å²) in [6.07, 6.45) is 1.54. The summed E-state index contributed by atoms with van der Waals surface area (Å²) in [6.45, 7) is 2.12. The Balaban J connectivity index is 1.86. The van der Waals surface area contributed by atoms with E-state index in [-0.39, 0.29) is 18.1 Å². The predicted octanol–water partition coefficient (Wildman–Crippen LogP) is 3.71. The number of benzene rings is 1. The van der Waals surface area contributed by atoms with Crippen molar-refractivity contribution in [3.05, 3.63) is 68.6 Å². The van der Waals surface area contributed by atoms with E-state index in [1.165, 1.54) is 12.3 Å². The fourth-order valence-corrected chi connectivity index (χ4v) is 2.68. The second-order valence-electron chi connectivity index (χ2n) is 5.10. The molecule has 0 saturated carbocycles. The van der Waals surface area contributed by atoms with Gasteiger partial charge < -0.3 is 13.9 Å². The number of rotatable bonds is 5. The molecule has 6 nitrogen and oxygen atoms in total. The van der Waals surface area contributed by atoms with Gasteiger partial charge in [0.25, 0.3) is 0 Å². The van der Waals surface area contributed by atoms with E-state index in [1.807, 2.05) is 6.07 Å². The van der Waals surface area contributed by atoms with Crippen LogP contribution in [-0.4, -0.2) is 17.6 Å². The van der Waals surface area contributed by atoms with E-state index in [1.54, 1.807) is 31.2 Å². The molecule has 0 amide bonds. The average molecular weight is 404 g/mol. The predicted molar refractivity (Wildman–Crippen MR) is 94.7 cm³/mol. The minimum Gasteiger partial charge on any atom is -0.477 e. The van der Waals surface area contributed by atoms with Gasteiger partial charge in [0.1, 0.15) is 17.8 Å². The summed E-state index contributed by atoms with van der Waals surface area (Å²) in [7, 11) is 0. The van der Waals surface area contributed by atoms with Crippen molar-refractivity contribution in [2.24, 2.45) is 0 Å². The number of carbonyl (C=O) groups is 1. The molecule has 0 saturated heterocycles. The smallest absolute Gasteiger partial charge is 0.343 e. The molecule has 2 heterocycles. The Labute approximate surface area is 151 Å². The lowest BCUT2D eigenvalue weighted by atomic mass is 10.1. The Morgan fingerprint density at radius 2 is 2.12 bits per heavy atom. The summed E-state index contributed by atoms with van der Waals surface area (Å²) >= 11 is 3.33. The zero-order valence-corrected chi connectivity index (χ0v) is 14.9. The Kier molecular flexibility index (Phi) is 5.14. The SMILES string of the molecule is CCOc1ncccc1C(=O)OCc1cc(=O)oc2cc(Br)ccc12. The summed E-state index contributed by atoms with van der Waals surface area (Å²) in [6, 6.07) is 9.83. The quantitative estimate of drug-likeness (QED) is 0.477. The van der Waals surface area contributed by atoms with Crippen LogP contribution in [0.2, 0.25) is 0 Å². The van der Waals surface area contributed by atoms with Crippen LogP contribution in [0.15, 0.2) is 56.3 Å². The van der Waals surface area contributed by atoms with Crippen molar-refractivity contribution in [1.82, 2.24) is 4.98 Å². The second kappa shape index (κ2) is 7.48. The number of nitrogens with zero attached hydrogens (tertiary/aromatic N) is 1. The molecule has 0 aliphatic carbocycles. The zero-order valence-electron chi connectivity index (χ0n) is 13.3. The lowest BCUT2D eigenvalue weighted by Gasteiger charge is -2.10. The molecule has 0 aliphatic rings. The molecule has 0 atom stereocenters. The molecule has 0 radical (unpaired) electrons. The van der Waals surface area contributed by atoms with Gasteiger partial charge >= 0.3 is 11.6 Å². The van der Waals surface area contributed by atoms with Crippen molar-refractivity contribution in [1.29, 1.82) is 0 Å². The van der Waals surface area contributed by atoms with Gasteiger partial charge in [0.05, 0.1) is 6.61 Å². The van der Waals surface area contributed by atoms with Crippen molar-refractivity contribution in [2.45, 2.75) is 13.5 Å². The Morgan fingerprint density at radius 3 is 2.92 bits per heavy atom. The number of carbonyl (C=O) groups excluding carboxylic acids is 1. The lowest BCUT2D eigenvalue weighted by molar-refractivity contribution is 0.0468. The maximum absolute atomic E-state index is 12.3. The number of aromatic nitrogens is 1. The van der Waals surface area contributed by atoms with E-state index in [0.29, 0.717) is 23.1 Å². The van der Waals surface area contributed by atoms with Gasteiger partial charge in [-0.1, -0.05) is 15.9 Å². The summed E-state index contributed by atoms with van der Waals surface area (Å²) in [5.74, 6) is -0.355. The molecule has 1 aromatic carbocycles.